The number of non-ortho nitro benzene ring substituents is 2. The summed E-state index contributed by atoms with van der Waals surface area (Å²) >= 11 is 3.29. The Morgan fingerprint density at radius 2 is 1.67 bits per heavy atom. The number of hydrogen-bond acceptors (Lipinski definition) is 10. The van der Waals surface area contributed by atoms with Crippen molar-refractivity contribution in [2.45, 2.75) is 19.1 Å². The number of imide groups is 1. The number of halogens is 1. The molecule has 39 heavy (non-hydrogen) atoms. The highest BCUT2D eigenvalue weighted by molar-refractivity contribution is 9.10. The number of aromatic hydroxyl groups is 1. The van der Waals surface area contributed by atoms with Crippen molar-refractivity contribution in [3.05, 3.63) is 90.9 Å². The maximum Gasteiger partial charge on any atom is 0.271 e. The summed E-state index contributed by atoms with van der Waals surface area (Å²) in [4.78, 5) is 55.5. The van der Waals surface area contributed by atoms with Crippen LogP contribution in [-0.4, -0.2) is 39.5 Å². The van der Waals surface area contributed by atoms with Crippen LogP contribution in [0.3, 0.4) is 0 Å². The van der Waals surface area contributed by atoms with Crippen LogP contribution in [0.1, 0.15) is 18.5 Å². The first-order chi connectivity index (χ1) is 18.6. The van der Waals surface area contributed by atoms with Gasteiger partial charge in [0, 0.05) is 24.3 Å². The highest BCUT2D eigenvalue weighted by Crippen LogP contribution is 2.50. The molecule has 2 aliphatic heterocycles. The average molecular weight is 599 g/mol. The first-order valence-corrected chi connectivity index (χ1v) is 12.4. The third-order valence-corrected chi connectivity index (χ3v) is 7.03. The number of nitrogens with zero attached hydrogens (tertiary/aromatic N) is 4. The predicted octanol–water partition coefficient (Wildman–Crippen LogP) is 4.42. The van der Waals surface area contributed by atoms with Gasteiger partial charge in [0.05, 0.1) is 38.3 Å². The monoisotopic (exact) mass is 598 g/mol. The lowest BCUT2D eigenvalue weighted by Gasteiger charge is -2.29. The van der Waals surface area contributed by atoms with Gasteiger partial charge in [-0.25, -0.2) is 9.96 Å². The van der Waals surface area contributed by atoms with Gasteiger partial charge in [0.15, 0.2) is 17.6 Å². The number of carbonyl (C=O) groups is 2. The van der Waals surface area contributed by atoms with Gasteiger partial charge in [0.2, 0.25) is 5.91 Å². The van der Waals surface area contributed by atoms with Gasteiger partial charge in [0.1, 0.15) is 5.92 Å². The van der Waals surface area contributed by atoms with Crippen molar-refractivity contribution in [2.75, 3.05) is 16.6 Å². The Morgan fingerprint density at radius 1 is 0.974 bits per heavy atom. The second-order valence-corrected chi connectivity index (χ2v) is 9.52. The highest BCUT2D eigenvalue weighted by Gasteiger charge is 2.60. The molecule has 2 aliphatic rings. The Morgan fingerprint density at radius 3 is 2.31 bits per heavy atom. The minimum absolute atomic E-state index is 0.119. The van der Waals surface area contributed by atoms with Crippen LogP contribution in [0.2, 0.25) is 0 Å². The summed E-state index contributed by atoms with van der Waals surface area (Å²) in [5.41, 5.74) is 0.360. The lowest BCUT2D eigenvalue weighted by molar-refractivity contribution is -0.385. The topological polar surface area (TPSA) is 166 Å². The van der Waals surface area contributed by atoms with E-state index in [-0.39, 0.29) is 45.3 Å². The summed E-state index contributed by atoms with van der Waals surface area (Å²) < 4.78 is 5.80. The predicted molar refractivity (Wildman–Crippen MR) is 139 cm³/mol. The van der Waals surface area contributed by atoms with Gasteiger partial charge in [-0.15, -0.1) is 0 Å². The molecule has 1 N–H and O–H groups in total. The van der Waals surface area contributed by atoms with Crippen molar-refractivity contribution < 1.29 is 34.1 Å². The number of carbonyl (C=O) groups excluding carboxylic acids is 2. The molecule has 3 aromatic rings. The number of hydroxylamine groups is 1. The number of nitro groups is 2. The van der Waals surface area contributed by atoms with Crippen LogP contribution in [0.15, 0.2) is 65.1 Å². The molecule has 2 heterocycles. The lowest BCUT2D eigenvalue weighted by atomic mass is 9.90. The third-order valence-electron chi connectivity index (χ3n) is 6.42. The van der Waals surface area contributed by atoms with E-state index in [0.717, 1.165) is 4.90 Å². The van der Waals surface area contributed by atoms with Gasteiger partial charge in [-0.05, 0) is 58.7 Å². The van der Waals surface area contributed by atoms with Crippen LogP contribution in [-0.2, 0) is 14.4 Å². The van der Waals surface area contributed by atoms with E-state index in [9.17, 15) is 34.9 Å². The maximum atomic E-state index is 13.8. The van der Waals surface area contributed by atoms with Crippen LogP contribution < -0.4 is 14.7 Å². The summed E-state index contributed by atoms with van der Waals surface area (Å²) in [5, 5.41) is 34.2. The Balaban J connectivity index is 1.62. The first kappa shape index (κ1) is 26.1. The second-order valence-electron chi connectivity index (χ2n) is 8.67. The number of anilines is 2. The van der Waals surface area contributed by atoms with Crippen LogP contribution in [0.4, 0.5) is 22.7 Å². The SMILES string of the molecule is CCOc1cc([C@@H]2[C@H]3C(=O)N(c4ccc([N+](=O)[O-])cc4)C(=O)[C@H]3ON2c2cccc([N+](=O)[O-])c2)cc(Br)c1O. The van der Waals surface area contributed by atoms with E-state index in [0.29, 0.717) is 5.56 Å². The Labute approximate surface area is 228 Å². The van der Waals surface area contributed by atoms with Crippen molar-refractivity contribution in [3.8, 4) is 11.5 Å². The molecule has 0 bridgehead atoms. The van der Waals surface area contributed by atoms with E-state index in [1.807, 2.05) is 0 Å². The Kier molecular flexibility index (Phi) is 6.66. The summed E-state index contributed by atoms with van der Waals surface area (Å²) in [5.74, 6) is -2.47. The number of ether oxygens (including phenoxy) is 1. The van der Waals surface area contributed by atoms with Gasteiger partial charge in [0.25, 0.3) is 17.3 Å². The molecule has 0 aromatic heterocycles. The fourth-order valence-corrected chi connectivity index (χ4v) is 5.19. The van der Waals surface area contributed by atoms with Crippen molar-refractivity contribution in [3.63, 3.8) is 0 Å². The molecule has 0 spiro atoms. The van der Waals surface area contributed by atoms with Crippen molar-refractivity contribution in [2.24, 2.45) is 5.92 Å². The number of nitro benzene ring substituents is 2. The molecule has 0 aliphatic carbocycles. The quantitative estimate of drug-likeness (QED) is 0.233. The van der Waals surface area contributed by atoms with E-state index in [2.05, 4.69) is 15.9 Å². The standard InChI is InChI=1S/C25H19BrN4O9/c1-2-38-19-11-13(10-18(26)22(19)31)21-20-23(39-28(21)16-4-3-5-17(12-16)30(36)37)25(33)27(24(20)32)14-6-8-15(9-7-14)29(34)35/h3-12,20-21,23,31H,2H2,1H3/t20-,21-,23+/m1/s1. The average Bonchev–Trinajstić information content (AvgIpc) is 3.42. The number of benzene rings is 3. The van der Waals surface area contributed by atoms with E-state index >= 15 is 0 Å². The number of hydrogen-bond donors (Lipinski definition) is 1. The molecule has 14 heteroatoms. The molecule has 5 rings (SSSR count). The molecular formula is C25H19BrN4O9. The fraction of sp³-hybridized carbons (Fsp3) is 0.200. The number of phenolic OH excluding ortho intramolecular Hbond substituents is 1. The van der Waals surface area contributed by atoms with Crippen molar-refractivity contribution >= 4 is 50.5 Å². The van der Waals surface area contributed by atoms with Gasteiger partial charge in [-0.1, -0.05) is 6.07 Å². The van der Waals surface area contributed by atoms with E-state index in [1.54, 1.807) is 19.1 Å². The molecule has 13 nitrogen and oxygen atoms in total. The molecule has 2 saturated heterocycles. The smallest absolute Gasteiger partial charge is 0.271 e. The minimum Gasteiger partial charge on any atom is -0.503 e. The first-order valence-electron chi connectivity index (χ1n) is 11.6. The zero-order valence-corrected chi connectivity index (χ0v) is 21.7. The number of amides is 2. The van der Waals surface area contributed by atoms with Crippen LogP contribution in [0.25, 0.3) is 0 Å². The molecule has 0 radical (unpaired) electrons. The summed E-state index contributed by atoms with van der Waals surface area (Å²) in [6, 6.07) is 12.6. The van der Waals surface area contributed by atoms with E-state index in [4.69, 9.17) is 9.57 Å². The number of phenols is 1. The van der Waals surface area contributed by atoms with Crippen LogP contribution in [0.5, 0.6) is 11.5 Å². The second kappa shape index (κ2) is 9.96. The highest BCUT2D eigenvalue weighted by atomic mass is 79.9. The molecular weight excluding hydrogens is 580 g/mol. The number of rotatable bonds is 7. The van der Waals surface area contributed by atoms with Crippen LogP contribution in [0, 0.1) is 26.1 Å². The largest absolute Gasteiger partial charge is 0.503 e. The maximum absolute atomic E-state index is 13.8. The van der Waals surface area contributed by atoms with E-state index in [1.165, 1.54) is 53.6 Å². The van der Waals surface area contributed by atoms with Crippen molar-refractivity contribution in [1.82, 2.24) is 0 Å². The zero-order chi connectivity index (χ0) is 28.0. The molecule has 200 valence electrons. The Bertz CT molecular complexity index is 1510. The van der Waals surface area contributed by atoms with E-state index < -0.39 is 39.7 Å². The Hall–Kier alpha value is -4.56. The summed E-state index contributed by atoms with van der Waals surface area (Å²) in [6.07, 6.45) is -1.29. The third kappa shape index (κ3) is 4.42. The van der Waals surface area contributed by atoms with Gasteiger partial charge < -0.3 is 9.84 Å². The van der Waals surface area contributed by atoms with Gasteiger partial charge in [-0.3, -0.25) is 34.7 Å². The molecule has 3 aromatic carbocycles. The van der Waals surface area contributed by atoms with Crippen molar-refractivity contribution in [1.29, 1.82) is 0 Å². The van der Waals surface area contributed by atoms with Crippen LogP contribution >= 0.6 is 15.9 Å². The molecule has 2 fully saturated rings. The normalized spacial score (nSPS) is 20.3. The van der Waals surface area contributed by atoms with Gasteiger partial charge >= 0.3 is 0 Å². The molecule has 2 amide bonds. The fourth-order valence-electron chi connectivity index (χ4n) is 4.73. The molecule has 0 unspecified atom stereocenters. The molecule has 0 saturated carbocycles. The number of fused-ring (bicyclic) bond motifs is 1. The van der Waals surface area contributed by atoms with Gasteiger partial charge in [-0.2, -0.15) is 0 Å². The lowest BCUT2D eigenvalue weighted by Crippen LogP contribution is -2.37. The minimum atomic E-state index is -1.29. The summed E-state index contributed by atoms with van der Waals surface area (Å²) in [7, 11) is 0. The summed E-state index contributed by atoms with van der Waals surface area (Å²) in [6.45, 7) is 1.96. The molecule has 3 atom stereocenters. The zero-order valence-electron chi connectivity index (χ0n) is 20.1.